The second kappa shape index (κ2) is 7.23. The van der Waals surface area contributed by atoms with Crippen molar-refractivity contribution in [2.24, 2.45) is 0 Å². The van der Waals surface area contributed by atoms with Gasteiger partial charge in [-0.05, 0) is 58.6 Å². The van der Waals surface area contributed by atoms with Gasteiger partial charge in [0.2, 0.25) is 0 Å². The molecule has 0 N–H and O–H groups in total. The van der Waals surface area contributed by atoms with Crippen molar-refractivity contribution in [3.8, 4) is 11.3 Å². The fourth-order valence-electron chi connectivity index (χ4n) is 3.05. The van der Waals surface area contributed by atoms with Crippen LogP contribution in [0.2, 0.25) is 0 Å². The number of hydrogen-bond donors (Lipinski definition) is 0. The molecule has 1 aliphatic rings. The normalized spacial score (nSPS) is 17.0. The molecule has 5 nitrogen and oxygen atoms in total. The van der Waals surface area contributed by atoms with E-state index in [2.05, 4.69) is 71.6 Å². The molecule has 0 unspecified atom stereocenters. The molecule has 0 amide bonds. The fourth-order valence-corrected chi connectivity index (χ4v) is 3.05. The predicted octanol–water partition coefficient (Wildman–Crippen LogP) is 2.66. The molecule has 1 aromatic heterocycles. The van der Waals surface area contributed by atoms with E-state index in [0.717, 1.165) is 24.3 Å². The standard InChI is InChI=1S/C18H27N5/c1-15(21(2)3)16-7-6-8-17(13-16)18-14-23(20-19-18)12-11-22-9-4-5-10-22/h6-8,13-15H,4-5,9-12H2,1-3H3/t15-/m0/s1. The Hall–Kier alpha value is -1.72. The average molecular weight is 313 g/mol. The molecule has 0 saturated carbocycles. The Morgan fingerprint density at radius 1 is 1.17 bits per heavy atom. The lowest BCUT2D eigenvalue weighted by molar-refractivity contribution is 0.314. The van der Waals surface area contributed by atoms with Gasteiger partial charge in [-0.15, -0.1) is 5.10 Å². The SMILES string of the molecule is C[C@@H](c1cccc(-c2cn(CCN3CCCC3)nn2)c1)N(C)C. The van der Waals surface area contributed by atoms with Gasteiger partial charge in [0.15, 0.2) is 0 Å². The molecule has 2 heterocycles. The molecule has 0 aliphatic carbocycles. The monoisotopic (exact) mass is 313 g/mol. The summed E-state index contributed by atoms with van der Waals surface area (Å²) in [5.74, 6) is 0. The summed E-state index contributed by atoms with van der Waals surface area (Å²) in [6.45, 7) is 6.66. The number of aromatic nitrogens is 3. The number of nitrogens with zero attached hydrogens (tertiary/aromatic N) is 5. The van der Waals surface area contributed by atoms with Crippen LogP contribution in [0, 0.1) is 0 Å². The van der Waals surface area contributed by atoms with Crippen LogP contribution in [0.15, 0.2) is 30.5 Å². The molecule has 1 fully saturated rings. The summed E-state index contributed by atoms with van der Waals surface area (Å²) >= 11 is 0. The van der Waals surface area contributed by atoms with Crippen LogP contribution in [-0.2, 0) is 6.54 Å². The molecule has 0 bridgehead atoms. The highest BCUT2D eigenvalue weighted by Gasteiger charge is 2.13. The van der Waals surface area contributed by atoms with Gasteiger partial charge in [0.25, 0.3) is 0 Å². The molecule has 2 aromatic rings. The van der Waals surface area contributed by atoms with E-state index >= 15 is 0 Å². The van der Waals surface area contributed by atoms with Crippen molar-refractivity contribution in [2.45, 2.75) is 32.4 Å². The molecule has 1 atom stereocenters. The summed E-state index contributed by atoms with van der Waals surface area (Å²) in [5, 5.41) is 8.65. The Bertz CT molecular complexity index is 628. The lowest BCUT2D eigenvalue weighted by Crippen LogP contribution is -2.24. The smallest absolute Gasteiger partial charge is 0.113 e. The highest BCUT2D eigenvalue weighted by molar-refractivity contribution is 5.58. The van der Waals surface area contributed by atoms with E-state index in [1.54, 1.807) is 0 Å². The molecule has 1 aromatic carbocycles. The first-order chi connectivity index (χ1) is 11.1. The van der Waals surface area contributed by atoms with Crippen LogP contribution in [0.25, 0.3) is 11.3 Å². The van der Waals surface area contributed by atoms with Crippen LogP contribution in [0.5, 0.6) is 0 Å². The summed E-state index contributed by atoms with van der Waals surface area (Å²) in [7, 11) is 4.21. The maximum atomic E-state index is 4.36. The Labute approximate surface area is 138 Å². The van der Waals surface area contributed by atoms with Crippen LogP contribution in [-0.4, -0.2) is 58.5 Å². The van der Waals surface area contributed by atoms with Gasteiger partial charge in [-0.1, -0.05) is 23.4 Å². The van der Waals surface area contributed by atoms with Gasteiger partial charge < -0.3 is 9.80 Å². The van der Waals surface area contributed by atoms with Crippen molar-refractivity contribution < 1.29 is 0 Å². The van der Waals surface area contributed by atoms with Crippen LogP contribution in [0.3, 0.4) is 0 Å². The predicted molar refractivity (Wildman–Crippen MR) is 93.2 cm³/mol. The van der Waals surface area contributed by atoms with Crippen molar-refractivity contribution in [3.05, 3.63) is 36.0 Å². The third kappa shape index (κ3) is 3.98. The van der Waals surface area contributed by atoms with Gasteiger partial charge in [-0.25, -0.2) is 0 Å². The van der Waals surface area contributed by atoms with Gasteiger partial charge in [0.05, 0.1) is 12.7 Å². The molecule has 0 spiro atoms. The van der Waals surface area contributed by atoms with Crippen molar-refractivity contribution in [1.29, 1.82) is 0 Å². The van der Waals surface area contributed by atoms with Crippen LogP contribution < -0.4 is 0 Å². The summed E-state index contributed by atoms with van der Waals surface area (Å²) in [6, 6.07) is 9.00. The van der Waals surface area contributed by atoms with E-state index in [9.17, 15) is 0 Å². The van der Waals surface area contributed by atoms with Crippen LogP contribution in [0.4, 0.5) is 0 Å². The third-order valence-corrected chi connectivity index (χ3v) is 4.82. The Morgan fingerprint density at radius 3 is 2.70 bits per heavy atom. The van der Waals surface area contributed by atoms with Gasteiger partial charge in [-0.3, -0.25) is 4.68 Å². The van der Waals surface area contributed by atoms with Gasteiger partial charge in [-0.2, -0.15) is 0 Å². The quantitative estimate of drug-likeness (QED) is 0.821. The zero-order valence-corrected chi connectivity index (χ0v) is 14.4. The second-order valence-electron chi connectivity index (χ2n) is 6.68. The van der Waals surface area contributed by atoms with Crippen molar-refractivity contribution in [1.82, 2.24) is 24.8 Å². The van der Waals surface area contributed by atoms with Crippen LogP contribution >= 0.6 is 0 Å². The van der Waals surface area contributed by atoms with E-state index in [0.29, 0.717) is 6.04 Å². The highest BCUT2D eigenvalue weighted by atomic mass is 15.4. The van der Waals surface area contributed by atoms with E-state index < -0.39 is 0 Å². The van der Waals surface area contributed by atoms with Gasteiger partial charge >= 0.3 is 0 Å². The molecule has 5 heteroatoms. The number of benzene rings is 1. The average Bonchev–Trinajstić information content (AvgIpc) is 3.23. The molecule has 3 rings (SSSR count). The maximum Gasteiger partial charge on any atom is 0.113 e. The minimum absolute atomic E-state index is 0.389. The first-order valence-corrected chi connectivity index (χ1v) is 8.53. The molecular formula is C18H27N5. The molecule has 1 saturated heterocycles. The second-order valence-corrected chi connectivity index (χ2v) is 6.68. The number of hydrogen-bond acceptors (Lipinski definition) is 4. The maximum absolute atomic E-state index is 4.36. The topological polar surface area (TPSA) is 37.2 Å². The highest BCUT2D eigenvalue weighted by Crippen LogP contribution is 2.23. The van der Waals surface area contributed by atoms with E-state index in [-0.39, 0.29) is 0 Å². The largest absolute Gasteiger partial charge is 0.303 e. The first kappa shape index (κ1) is 16.1. The van der Waals surface area contributed by atoms with Crippen LogP contribution in [0.1, 0.15) is 31.4 Å². The zero-order valence-electron chi connectivity index (χ0n) is 14.4. The molecule has 0 radical (unpaired) electrons. The van der Waals surface area contributed by atoms with E-state index in [1.807, 2.05) is 4.68 Å². The number of rotatable bonds is 6. The molecule has 23 heavy (non-hydrogen) atoms. The summed E-state index contributed by atoms with van der Waals surface area (Å²) in [6.07, 6.45) is 4.73. The summed E-state index contributed by atoms with van der Waals surface area (Å²) in [5.41, 5.74) is 3.40. The van der Waals surface area contributed by atoms with Crippen molar-refractivity contribution in [2.75, 3.05) is 33.7 Å². The third-order valence-electron chi connectivity index (χ3n) is 4.82. The minimum Gasteiger partial charge on any atom is -0.303 e. The Kier molecular flexibility index (Phi) is 5.08. The van der Waals surface area contributed by atoms with E-state index in [4.69, 9.17) is 0 Å². The minimum atomic E-state index is 0.389. The first-order valence-electron chi connectivity index (χ1n) is 8.53. The summed E-state index contributed by atoms with van der Waals surface area (Å²) in [4.78, 5) is 4.72. The van der Waals surface area contributed by atoms with E-state index in [1.165, 1.54) is 31.5 Å². The number of likely N-dealkylation sites (tertiary alicyclic amines) is 1. The lowest BCUT2D eigenvalue weighted by atomic mass is 10.0. The Balaban J connectivity index is 1.68. The fraction of sp³-hybridized carbons (Fsp3) is 0.556. The zero-order chi connectivity index (χ0) is 16.2. The lowest BCUT2D eigenvalue weighted by Gasteiger charge is -2.20. The van der Waals surface area contributed by atoms with Gasteiger partial charge in [0, 0.05) is 18.2 Å². The molecular weight excluding hydrogens is 286 g/mol. The molecule has 124 valence electrons. The Morgan fingerprint density at radius 2 is 1.96 bits per heavy atom. The van der Waals surface area contributed by atoms with Gasteiger partial charge in [0.1, 0.15) is 5.69 Å². The van der Waals surface area contributed by atoms with Crippen molar-refractivity contribution in [3.63, 3.8) is 0 Å². The molecule has 1 aliphatic heterocycles. The summed E-state index contributed by atoms with van der Waals surface area (Å²) < 4.78 is 1.97. The van der Waals surface area contributed by atoms with Crippen molar-refractivity contribution >= 4 is 0 Å².